The molecule has 4 rings (SSSR count). The van der Waals surface area contributed by atoms with Gasteiger partial charge in [0.25, 0.3) is 10.0 Å². The van der Waals surface area contributed by atoms with Gasteiger partial charge in [0, 0.05) is 18.7 Å². The van der Waals surface area contributed by atoms with Crippen molar-refractivity contribution in [3.63, 3.8) is 0 Å². The first-order valence-electron chi connectivity index (χ1n) is 8.42. The number of aromatic amines is 1. The number of nitrogens with zero attached hydrogens (tertiary/aromatic N) is 4. The lowest BCUT2D eigenvalue weighted by Crippen LogP contribution is -2.28. The minimum Gasteiger partial charge on any atom is -0.479 e. The molecule has 8 nitrogen and oxygen atoms in total. The highest BCUT2D eigenvalue weighted by molar-refractivity contribution is 7.93. The van der Waals surface area contributed by atoms with E-state index >= 15 is 0 Å². The monoisotopic (exact) mass is 429 g/mol. The molecule has 3 aromatic heterocycles. The third kappa shape index (κ3) is 3.12. The molecule has 152 valence electrons. The summed E-state index contributed by atoms with van der Waals surface area (Å²) < 4.78 is 61.2. The van der Waals surface area contributed by atoms with Gasteiger partial charge in [-0.05, 0) is 30.3 Å². The molecule has 0 aliphatic rings. The van der Waals surface area contributed by atoms with Crippen LogP contribution in [0.5, 0.6) is 5.88 Å². The first kappa shape index (κ1) is 19.7. The maximum absolute atomic E-state index is 14.9. The third-order valence-electron chi connectivity index (χ3n) is 4.26. The number of ether oxygens (including phenoxy) is 1. The van der Waals surface area contributed by atoms with Gasteiger partial charge in [-0.25, -0.2) is 23.1 Å². The number of H-pyrrole nitrogens is 1. The van der Waals surface area contributed by atoms with Crippen LogP contribution >= 0.6 is 0 Å². The SMILES string of the molecule is [CH]c1c(F)ccc(N(c2cnc3[nH]nc(OC)c3c2)S(=O)(=O)c2ccccn2)c1F. The second kappa shape index (κ2) is 7.34. The van der Waals surface area contributed by atoms with Crippen LogP contribution in [-0.4, -0.2) is 35.7 Å². The molecule has 0 amide bonds. The molecule has 3 heterocycles. The number of hydrogen-bond acceptors (Lipinski definition) is 6. The number of anilines is 2. The predicted molar refractivity (Wildman–Crippen MR) is 104 cm³/mol. The topological polar surface area (TPSA) is 101 Å². The van der Waals surface area contributed by atoms with E-state index in [1.54, 1.807) is 0 Å². The van der Waals surface area contributed by atoms with Crippen LogP contribution in [0, 0.1) is 18.6 Å². The number of pyridine rings is 2. The molecule has 0 bridgehead atoms. The lowest BCUT2D eigenvalue weighted by Gasteiger charge is -2.25. The van der Waals surface area contributed by atoms with Gasteiger partial charge < -0.3 is 4.74 Å². The summed E-state index contributed by atoms with van der Waals surface area (Å²) in [5, 5.41) is 6.55. The van der Waals surface area contributed by atoms with E-state index in [-0.39, 0.29) is 16.6 Å². The Kier molecular flexibility index (Phi) is 4.82. The maximum atomic E-state index is 14.9. The van der Waals surface area contributed by atoms with Crippen LogP contribution in [0.15, 0.2) is 53.8 Å². The molecule has 11 heteroatoms. The summed E-state index contributed by atoms with van der Waals surface area (Å²) in [5.41, 5.74) is -1.05. The highest BCUT2D eigenvalue weighted by Crippen LogP contribution is 2.37. The molecule has 0 saturated heterocycles. The number of nitrogens with one attached hydrogen (secondary N) is 1. The molecule has 0 fully saturated rings. The van der Waals surface area contributed by atoms with Crippen molar-refractivity contribution in [2.24, 2.45) is 0 Å². The van der Waals surface area contributed by atoms with E-state index in [1.165, 1.54) is 43.8 Å². The van der Waals surface area contributed by atoms with Gasteiger partial charge in [0.05, 0.1) is 30.1 Å². The van der Waals surface area contributed by atoms with E-state index < -0.39 is 32.9 Å². The first-order chi connectivity index (χ1) is 14.3. The minimum atomic E-state index is -4.44. The zero-order chi connectivity index (χ0) is 21.5. The molecule has 1 N–H and O–H groups in total. The van der Waals surface area contributed by atoms with Gasteiger partial charge in [-0.15, -0.1) is 5.10 Å². The van der Waals surface area contributed by atoms with Gasteiger partial charge in [-0.1, -0.05) is 6.07 Å². The molecule has 30 heavy (non-hydrogen) atoms. The molecule has 0 aliphatic carbocycles. The minimum absolute atomic E-state index is 0.0576. The van der Waals surface area contributed by atoms with Gasteiger partial charge in [-0.3, -0.25) is 5.10 Å². The highest BCUT2D eigenvalue weighted by atomic mass is 32.2. The quantitative estimate of drug-likeness (QED) is 0.523. The molecule has 0 aliphatic heterocycles. The van der Waals surface area contributed by atoms with Gasteiger partial charge >= 0.3 is 0 Å². The van der Waals surface area contributed by atoms with Crippen LogP contribution in [0.3, 0.4) is 0 Å². The Morgan fingerprint density at radius 2 is 1.97 bits per heavy atom. The first-order valence-corrected chi connectivity index (χ1v) is 9.86. The van der Waals surface area contributed by atoms with E-state index in [2.05, 4.69) is 20.2 Å². The van der Waals surface area contributed by atoms with Crippen molar-refractivity contribution in [2.75, 3.05) is 11.4 Å². The van der Waals surface area contributed by atoms with Gasteiger partial charge in [0.1, 0.15) is 5.82 Å². The zero-order valence-corrected chi connectivity index (χ0v) is 16.2. The number of halogens is 2. The van der Waals surface area contributed by atoms with E-state index in [4.69, 9.17) is 11.7 Å². The summed E-state index contributed by atoms with van der Waals surface area (Å²) in [6, 6.07) is 7.48. The molecule has 4 aromatic rings. The van der Waals surface area contributed by atoms with Crippen LogP contribution in [0.1, 0.15) is 5.56 Å². The molecule has 0 saturated carbocycles. The summed E-state index contributed by atoms with van der Waals surface area (Å²) in [6.07, 6.45) is 2.47. The summed E-state index contributed by atoms with van der Waals surface area (Å²) >= 11 is 0. The number of rotatable bonds is 5. The molecular weight excluding hydrogens is 416 g/mol. The lowest BCUT2D eigenvalue weighted by atomic mass is 10.2. The Labute approximate surface area is 170 Å². The largest absolute Gasteiger partial charge is 0.479 e. The van der Waals surface area contributed by atoms with Crippen LogP contribution in [0.2, 0.25) is 0 Å². The van der Waals surface area contributed by atoms with E-state index in [0.717, 1.165) is 12.1 Å². The number of methoxy groups -OCH3 is 1. The molecule has 1 aromatic carbocycles. The third-order valence-corrected chi connectivity index (χ3v) is 5.92. The molecule has 2 radical (unpaired) electrons. The van der Waals surface area contributed by atoms with Crippen molar-refractivity contribution in [1.29, 1.82) is 0 Å². The fraction of sp³-hybridized carbons (Fsp3) is 0.0526. The number of aromatic nitrogens is 4. The Hall–Kier alpha value is -3.60. The fourth-order valence-corrected chi connectivity index (χ4v) is 4.26. The van der Waals surface area contributed by atoms with Crippen molar-refractivity contribution in [3.05, 3.63) is 72.9 Å². The van der Waals surface area contributed by atoms with Crippen molar-refractivity contribution in [3.8, 4) is 5.88 Å². The standard InChI is InChI=1S/C19H13F2N5O3S/c1-11-14(20)6-7-15(17(11)21)26(30(27,28)16-5-3-4-8-22-16)12-9-13-18(23-10-12)24-25-19(13)29-2/h1,3-10H,2H3,(H,23,24,25). The predicted octanol–water partition coefficient (Wildman–Crippen LogP) is 3.23. The average molecular weight is 429 g/mol. The normalized spacial score (nSPS) is 11.6. The van der Waals surface area contributed by atoms with Gasteiger partial charge in [-0.2, -0.15) is 8.42 Å². The average Bonchev–Trinajstić information content (AvgIpc) is 3.17. The number of benzene rings is 1. The van der Waals surface area contributed by atoms with Crippen molar-refractivity contribution in [1.82, 2.24) is 20.2 Å². The number of sulfonamides is 1. The summed E-state index contributed by atoms with van der Waals surface area (Å²) in [7, 11) is -3.06. The van der Waals surface area contributed by atoms with Gasteiger partial charge in [0.2, 0.25) is 5.88 Å². The van der Waals surface area contributed by atoms with Crippen LogP contribution in [0.4, 0.5) is 20.2 Å². The highest BCUT2D eigenvalue weighted by Gasteiger charge is 2.32. The fourth-order valence-electron chi connectivity index (χ4n) is 2.85. The van der Waals surface area contributed by atoms with Crippen molar-refractivity contribution < 1.29 is 21.9 Å². The molecule has 0 spiro atoms. The van der Waals surface area contributed by atoms with Crippen molar-refractivity contribution >= 4 is 32.4 Å². The lowest BCUT2D eigenvalue weighted by molar-refractivity contribution is 0.401. The van der Waals surface area contributed by atoms with E-state index in [0.29, 0.717) is 15.3 Å². The van der Waals surface area contributed by atoms with Crippen molar-refractivity contribution in [2.45, 2.75) is 5.03 Å². The Balaban J connectivity index is 2.01. The Morgan fingerprint density at radius 3 is 2.67 bits per heavy atom. The second-order valence-corrected chi connectivity index (χ2v) is 7.79. The molecular formula is C19H13F2N5O3S. The Morgan fingerprint density at radius 1 is 1.17 bits per heavy atom. The summed E-state index contributed by atoms with van der Waals surface area (Å²) in [6.45, 7) is 5.46. The number of hydrogen-bond donors (Lipinski definition) is 1. The van der Waals surface area contributed by atoms with Crippen LogP contribution < -0.4 is 9.04 Å². The van der Waals surface area contributed by atoms with Crippen LogP contribution in [-0.2, 0) is 10.0 Å². The summed E-state index contributed by atoms with van der Waals surface area (Å²) in [5.74, 6) is -2.10. The zero-order valence-electron chi connectivity index (χ0n) is 15.4. The summed E-state index contributed by atoms with van der Waals surface area (Å²) in [4.78, 5) is 7.98. The van der Waals surface area contributed by atoms with E-state index in [1.807, 2.05) is 0 Å². The Bertz CT molecular complexity index is 1340. The maximum Gasteiger partial charge on any atom is 0.286 e. The molecule has 0 unspecified atom stereocenters. The smallest absolute Gasteiger partial charge is 0.286 e. The number of fused-ring (bicyclic) bond motifs is 1. The van der Waals surface area contributed by atoms with Gasteiger partial charge in [0.15, 0.2) is 16.5 Å². The molecule has 0 atom stereocenters. The second-order valence-electron chi connectivity index (χ2n) is 6.05. The van der Waals surface area contributed by atoms with Crippen LogP contribution in [0.25, 0.3) is 11.0 Å². The van der Waals surface area contributed by atoms with E-state index in [9.17, 15) is 17.2 Å².